The van der Waals surface area contributed by atoms with Gasteiger partial charge in [0.25, 0.3) is 0 Å². The topological polar surface area (TPSA) is 0 Å². The van der Waals surface area contributed by atoms with Crippen LogP contribution in [0, 0.1) is 31.6 Å². The van der Waals surface area contributed by atoms with Crippen LogP contribution in [0.2, 0.25) is 0 Å². The fourth-order valence-corrected chi connectivity index (χ4v) is 0.735. The van der Waals surface area contributed by atoms with Gasteiger partial charge in [0.15, 0.2) is 0 Å². The molecule has 1 aromatic carbocycles. The molecule has 0 aliphatic carbocycles. The summed E-state index contributed by atoms with van der Waals surface area (Å²) in [5.74, 6) is 4.82. The van der Waals surface area contributed by atoms with Crippen molar-refractivity contribution in [2.75, 3.05) is 0 Å². The van der Waals surface area contributed by atoms with Crippen LogP contribution in [0.25, 0.3) is 0 Å². The summed E-state index contributed by atoms with van der Waals surface area (Å²) in [6.45, 7) is 7.93. The molecule has 0 saturated carbocycles. The fraction of sp³-hybridized carbons (Fsp3) is 0.333. The fourth-order valence-electron chi connectivity index (χ4n) is 0.735. The second kappa shape index (κ2) is 12.3. The summed E-state index contributed by atoms with van der Waals surface area (Å²) in [6, 6.07) is 7.90. The molecule has 0 heterocycles. The normalized spacial score (nSPS) is 6.80. The van der Waals surface area contributed by atoms with E-state index in [-0.39, 0.29) is 0 Å². The van der Waals surface area contributed by atoms with E-state index >= 15 is 0 Å². The predicted molar refractivity (Wildman–Crippen MR) is 69.6 cm³/mol. The molecule has 0 N–H and O–H groups in total. The Morgan fingerprint density at radius 3 is 1.93 bits per heavy atom. The minimum Gasteiger partial charge on any atom is -0.120 e. The molecule has 0 aliphatic rings. The van der Waals surface area contributed by atoms with Crippen LogP contribution >= 0.6 is 0 Å². The first-order valence-corrected chi connectivity index (χ1v) is 5.06. The SMILES string of the molecule is C#CC.C#Cc1cccc(C)c1.CCC. The lowest BCUT2D eigenvalue weighted by molar-refractivity contribution is 1.09. The first-order chi connectivity index (χ1) is 7.15. The van der Waals surface area contributed by atoms with E-state index in [1.807, 2.05) is 31.2 Å². The van der Waals surface area contributed by atoms with Gasteiger partial charge in [-0.1, -0.05) is 38.3 Å². The summed E-state index contributed by atoms with van der Waals surface area (Å²) < 4.78 is 0. The Labute approximate surface area is 94.7 Å². The molecule has 0 unspecified atom stereocenters. The van der Waals surface area contributed by atoms with E-state index in [1.54, 1.807) is 6.92 Å². The molecule has 0 bridgehead atoms. The molecule has 80 valence electrons. The minimum atomic E-state index is 0.954. The van der Waals surface area contributed by atoms with Crippen LogP contribution in [0.1, 0.15) is 38.3 Å². The molecule has 0 radical (unpaired) electrons. The van der Waals surface area contributed by atoms with E-state index in [9.17, 15) is 0 Å². The monoisotopic (exact) mass is 200 g/mol. The predicted octanol–water partition coefficient (Wildman–Crippen LogP) is 4.03. The van der Waals surface area contributed by atoms with Crippen molar-refractivity contribution >= 4 is 0 Å². The zero-order valence-corrected chi connectivity index (χ0v) is 10.2. The van der Waals surface area contributed by atoms with Gasteiger partial charge in [0.2, 0.25) is 0 Å². The lowest BCUT2D eigenvalue weighted by Crippen LogP contribution is -1.73. The number of aryl methyl sites for hydroxylation is 1. The van der Waals surface area contributed by atoms with Crippen molar-refractivity contribution in [2.45, 2.75) is 34.1 Å². The van der Waals surface area contributed by atoms with Gasteiger partial charge in [-0.3, -0.25) is 0 Å². The highest BCUT2D eigenvalue weighted by atomic mass is 13.9. The van der Waals surface area contributed by atoms with Gasteiger partial charge >= 0.3 is 0 Å². The Hall–Kier alpha value is -1.66. The van der Waals surface area contributed by atoms with Gasteiger partial charge in [-0.2, -0.15) is 0 Å². The Balaban J connectivity index is 0. The van der Waals surface area contributed by atoms with Gasteiger partial charge in [0, 0.05) is 5.56 Å². The summed E-state index contributed by atoms with van der Waals surface area (Å²) in [6.07, 6.45) is 11.0. The maximum absolute atomic E-state index is 5.17. The van der Waals surface area contributed by atoms with E-state index < -0.39 is 0 Å². The van der Waals surface area contributed by atoms with Crippen LogP contribution in [0.15, 0.2) is 24.3 Å². The first-order valence-electron chi connectivity index (χ1n) is 5.06. The number of rotatable bonds is 0. The second-order valence-electron chi connectivity index (χ2n) is 3.01. The first kappa shape index (κ1) is 15.8. The van der Waals surface area contributed by atoms with Gasteiger partial charge in [0.1, 0.15) is 0 Å². The Morgan fingerprint density at radius 2 is 1.67 bits per heavy atom. The number of hydrogen-bond donors (Lipinski definition) is 0. The Bertz CT molecular complexity index is 321. The molecule has 0 amide bonds. The van der Waals surface area contributed by atoms with Crippen LogP contribution in [-0.4, -0.2) is 0 Å². The van der Waals surface area contributed by atoms with Gasteiger partial charge in [-0.05, 0) is 31.5 Å². The van der Waals surface area contributed by atoms with E-state index in [0.29, 0.717) is 0 Å². The standard InChI is InChI=1S/C9H8.C3H8.C3H4/c1-3-9-6-4-5-8(2)7-9;2*1-3-2/h1,4-7H,2H3;3H2,1-2H3;1H,2H3. The summed E-state index contributed by atoms with van der Waals surface area (Å²) in [5, 5.41) is 0. The maximum atomic E-state index is 5.17. The van der Waals surface area contributed by atoms with Crippen LogP contribution in [0.5, 0.6) is 0 Å². The molecule has 0 heteroatoms. The third kappa shape index (κ3) is 12.3. The quantitative estimate of drug-likeness (QED) is 0.555. The molecule has 15 heavy (non-hydrogen) atoms. The van der Waals surface area contributed by atoms with Crippen molar-refractivity contribution in [2.24, 2.45) is 0 Å². The molecule has 0 fully saturated rings. The molecule has 0 saturated heterocycles. The van der Waals surface area contributed by atoms with Crippen LogP contribution in [0.3, 0.4) is 0 Å². The van der Waals surface area contributed by atoms with Crippen LogP contribution in [-0.2, 0) is 0 Å². The van der Waals surface area contributed by atoms with E-state index in [4.69, 9.17) is 6.42 Å². The molecule has 1 rings (SSSR count). The number of hydrogen-bond acceptors (Lipinski definition) is 0. The smallest absolute Gasteiger partial charge is 0.0245 e. The largest absolute Gasteiger partial charge is 0.120 e. The minimum absolute atomic E-state index is 0.954. The zero-order valence-electron chi connectivity index (χ0n) is 10.2. The van der Waals surface area contributed by atoms with Gasteiger partial charge < -0.3 is 0 Å². The Morgan fingerprint density at radius 1 is 1.20 bits per heavy atom. The highest BCUT2D eigenvalue weighted by molar-refractivity contribution is 5.34. The molecule has 0 spiro atoms. The van der Waals surface area contributed by atoms with Gasteiger partial charge in [0.05, 0.1) is 0 Å². The molecule has 0 nitrogen and oxygen atoms in total. The summed E-state index contributed by atoms with van der Waals surface area (Å²) in [4.78, 5) is 0. The zero-order chi connectivity index (χ0) is 12.1. The number of benzene rings is 1. The van der Waals surface area contributed by atoms with Crippen molar-refractivity contribution < 1.29 is 0 Å². The molecule has 0 aromatic heterocycles. The highest BCUT2D eigenvalue weighted by Crippen LogP contribution is 2.00. The van der Waals surface area contributed by atoms with Crippen molar-refractivity contribution in [1.82, 2.24) is 0 Å². The Kier molecular flexibility index (Phi) is 13.0. The lowest BCUT2D eigenvalue weighted by Gasteiger charge is -1.90. The summed E-state index contributed by atoms with van der Waals surface area (Å²) in [7, 11) is 0. The molecular formula is C15H20. The maximum Gasteiger partial charge on any atom is 0.0245 e. The van der Waals surface area contributed by atoms with Crippen LogP contribution in [0.4, 0.5) is 0 Å². The molecule has 0 aliphatic heterocycles. The average molecular weight is 200 g/mol. The van der Waals surface area contributed by atoms with Crippen molar-refractivity contribution in [3.05, 3.63) is 35.4 Å². The van der Waals surface area contributed by atoms with E-state index in [1.165, 1.54) is 12.0 Å². The van der Waals surface area contributed by atoms with E-state index in [2.05, 4.69) is 32.1 Å². The van der Waals surface area contributed by atoms with Crippen LogP contribution < -0.4 is 0 Å². The highest BCUT2D eigenvalue weighted by Gasteiger charge is 1.83. The molecule has 1 aromatic rings. The number of terminal acetylenes is 2. The molecule has 0 atom stereocenters. The lowest BCUT2D eigenvalue weighted by atomic mass is 10.1. The van der Waals surface area contributed by atoms with Gasteiger partial charge in [-0.25, -0.2) is 0 Å². The third-order valence-electron chi connectivity index (χ3n) is 1.18. The molecular weight excluding hydrogens is 180 g/mol. The van der Waals surface area contributed by atoms with Gasteiger partial charge in [-0.15, -0.1) is 18.8 Å². The second-order valence-corrected chi connectivity index (χ2v) is 3.01. The van der Waals surface area contributed by atoms with Crippen molar-refractivity contribution in [3.63, 3.8) is 0 Å². The van der Waals surface area contributed by atoms with E-state index in [0.717, 1.165) is 5.56 Å². The third-order valence-corrected chi connectivity index (χ3v) is 1.18. The summed E-state index contributed by atoms with van der Waals surface area (Å²) >= 11 is 0. The average Bonchev–Trinajstić information content (AvgIpc) is 2.20. The van der Waals surface area contributed by atoms with Crippen molar-refractivity contribution in [3.8, 4) is 24.7 Å². The van der Waals surface area contributed by atoms with Crippen molar-refractivity contribution in [1.29, 1.82) is 0 Å². The summed E-state index contributed by atoms with van der Waals surface area (Å²) in [5.41, 5.74) is 2.17.